The molecule has 3 rings (SSSR count). The molecule has 0 spiro atoms. The van der Waals surface area contributed by atoms with E-state index in [0.29, 0.717) is 22.7 Å². The number of aromatic nitrogens is 2. The van der Waals surface area contributed by atoms with E-state index in [9.17, 15) is 18.0 Å². The summed E-state index contributed by atoms with van der Waals surface area (Å²) >= 11 is 1.11. The zero-order valence-corrected chi connectivity index (χ0v) is 15.3. The lowest BCUT2D eigenvalue weighted by molar-refractivity contribution is -0.138. The van der Waals surface area contributed by atoms with Gasteiger partial charge in [-0.05, 0) is 23.8 Å². The summed E-state index contributed by atoms with van der Waals surface area (Å²) in [5.74, 6) is 0.0491. The summed E-state index contributed by atoms with van der Waals surface area (Å²) < 4.78 is 46.1. The quantitative estimate of drug-likeness (QED) is 0.461. The summed E-state index contributed by atoms with van der Waals surface area (Å²) in [7, 11) is 1.52. The number of fused-ring (bicyclic) bond motifs is 1. The van der Waals surface area contributed by atoms with Crippen LogP contribution in [0, 0.1) is 0 Å². The second-order valence-corrected chi connectivity index (χ2v) is 6.75. The summed E-state index contributed by atoms with van der Waals surface area (Å²) in [5, 5.41) is 0.835. The Morgan fingerprint density at radius 1 is 1.11 bits per heavy atom. The van der Waals surface area contributed by atoms with Crippen molar-refractivity contribution in [2.45, 2.75) is 23.6 Å². The number of para-hydroxylation sites is 1. The van der Waals surface area contributed by atoms with Crippen molar-refractivity contribution in [1.82, 2.24) is 9.55 Å². The Morgan fingerprint density at radius 3 is 2.56 bits per heavy atom. The third kappa shape index (κ3) is 4.33. The number of thioether (sulfide) groups is 1. The van der Waals surface area contributed by atoms with Crippen molar-refractivity contribution in [3.05, 3.63) is 70.0 Å². The summed E-state index contributed by atoms with van der Waals surface area (Å²) in [6, 6.07) is 12.3. The molecule has 0 aliphatic heterocycles. The van der Waals surface area contributed by atoms with E-state index in [4.69, 9.17) is 4.74 Å². The van der Waals surface area contributed by atoms with Crippen molar-refractivity contribution in [2.24, 2.45) is 0 Å². The SMILES string of the molecule is COCCn1c(SCc2ccccc2C(F)(F)F)nc2ccccc2c1=O. The second-order valence-electron chi connectivity index (χ2n) is 5.80. The minimum Gasteiger partial charge on any atom is -0.383 e. The van der Waals surface area contributed by atoms with Crippen LogP contribution in [-0.4, -0.2) is 23.3 Å². The highest BCUT2D eigenvalue weighted by atomic mass is 32.2. The Morgan fingerprint density at radius 2 is 1.81 bits per heavy atom. The van der Waals surface area contributed by atoms with Gasteiger partial charge in [-0.15, -0.1) is 0 Å². The topological polar surface area (TPSA) is 44.1 Å². The Hall–Kier alpha value is -2.32. The van der Waals surface area contributed by atoms with E-state index in [1.165, 1.54) is 23.8 Å². The van der Waals surface area contributed by atoms with Crippen molar-refractivity contribution in [3.63, 3.8) is 0 Å². The molecule has 0 bridgehead atoms. The first-order valence-corrected chi connectivity index (χ1v) is 9.17. The van der Waals surface area contributed by atoms with Crippen molar-refractivity contribution in [3.8, 4) is 0 Å². The molecule has 0 saturated carbocycles. The number of rotatable bonds is 6. The van der Waals surface area contributed by atoms with Crippen LogP contribution in [0.4, 0.5) is 13.2 Å². The lowest BCUT2D eigenvalue weighted by Crippen LogP contribution is -2.25. The molecule has 2 aromatic carbocycles. The van der Waals surface area contributed by atoms with Gasteiger partial charge in [0.25, 0.3) is 5.56 Å². The fraction of sp³-hybridized carbons (Fsp3) is 0.263. The molecule has 27 heavy (non-hydrogen) atoms. The van der Waals surface area contributed by atoms with Crippen LogP contribution in [0.1, 0.15) is 11.1 Å². The largest absolute Gasteiger partial charge is 0.416 e. The standard InChI is InChI=1S/C19H17F3N2O2S/c1-26-11-10-24-17(25)14-7-3-5-9-16(14)23-18(24)27-12-13-6-2-4-8-15(13)19(20,21)22/h2-9H,10-12H2,1H3. The summed E-state index contributed by atoms with van der Waals surface area (Å²) in [6.07, 6.45) is -4.43. The van der Waals surface area contributed by atoms with Crippen LogP contribution in [-0.2, 0) is 23.2 Å². The molecule has 0 radical (unpaired) electrons. The number of halogens is 3. The molecular weight excluding hydrogens is 377 g/mol. The molecule has 3 aromatic rings. The van der Waals surface area contributed by atoms with Gasteiger partial charge in [0.1, 0.15) is 0 Å². The minimum absolute atomic E-state index is 0.0491. The first kappa shape index (κ1) is 19.4. The molecule has 1 heterocycles. The van der Waals surface area contributed by atoms with Crippen LogP contribution in [0.25, 0.3) is 10.9 Å². The average molecular weight is 394 g/mol. The van der Waals surface area contributed by atoms with E-state index in [1.54, 1.807) is 30.3 Å². The highest BCUT2D eigenvalue weighted by molar-refractivity contribution is 7.98. The fourth-order valence-corrected chi connectivity index (χ4v) is 3.73. The zero-order chi connectivity index (χ0) is 19.4. The maximum atomic E-state index is 13.2. The number of benzene rings is 2. The maximum Gasteiger partial charge on any atom is 0.416 e. The molecular formula is C19H17F3N2O2S. The number of methoxy groups -OCH3 is 1. The van der Waals surface area contributed by atoms with Gasteiger partial charge in [-0.1, -0.05) is 42.1 Å². The highest BCUT2D eigenvalue weighted by Gasteiger charge is 2.32. The molecule has 0 saturated heterocycles. The van der Waals surface area contributed by atoms with Crippen LogP contribution in [0.15, 0.2) is 58.5 Å². The van der Waals surface area contributed by atoms with Gasteiger partial charge in [0.15, 0.2) is 5.16 Å². The maximum absolute atomic E-state index is 13.2. The van der Waals surface area contributed by atoms with E-state index in [2.05, 4.69) is 4.98 Å². The van der Waals surface area contributed by atoms with Gasteiger partial charge in [0.2, 0.25) is 0 Å². The van der Waals surface area contributed by atoms with Crippen molar-refractivity contribution >= 4 is 22.7 Å². The molecule has 0 aliphatic carbocycles. The van der Waals surface area contributed by atoms with Crippen molar-refractivity contribution in [1.29, 1.82) is 0 Å². The van der Waals surface area contributed by atoms with Gasteiger partial charge in [0.05, 0.1) is 29.6 Å². The van der Waals surface area contributed by atoms with Crippen LogP contribution in [0.5, 0.6) is 0 Å². The predicted octanol–water partition coefficient (Wildman–Crippen LogP) is 4.35. The number of ether oxygens (including phenoxy) is 1. The Balaban J connectivity index is 1.99. The van der Waals surface area contributed by atoms with Crippen LogP contribution >= 0.6 is 11.8 Å². The highest BCUT2D eigenvalue weighted by Crippen LogP contribution is 2.34. The van der Waals surface area contributed by atoms with Gasteiger partial charge in [0, 0.05) is 12.9 Å². The summed E-state index contributed by atoms with van der Waals surface area (Å²) in [6.45, 7) is 0.572. The van der Waals surface area contributed by atoms with E-state index in [1.807, 2.05) is 0 Å². The van der Waals surface area contributed by atoms with E-state index < -0.39 is 11.7 Å². The monoisotopic (exact) mass is 394 g/mol. The van der Waals surface area contributed by atoms with Gasteiger partial charge >= 0.3 is 6.18 Å². The minimum atomic E-state index is -4.43. The van der Waals surface area contributed by atoms with Crippen LogP contribution in [0.3, 0.4) is 0 Å². The number of hydrogen-bond acceptors (Lipinski definition) is 4. The van der Waals surface area contributed by atoms with Crippen LogP contribution in [0.2, 0.25) is 0 Å². The van der Waals surface area contributed by atoms with E-state index in [-0.39, 0.29) is 23.4 Å². The molecule has 0 amide bonds. The predicted molar refractivity (Wildman–Crippen MR) is 98.9 cm³/mol. The van der Waals surface area contributed by atoms with Crippen molar-refractivity contribution in [2.75, 3.05) is 13.7 Å². The lowest BCUT2D eigenvalue weighted by Gasteiger charge is -2.15. The molecule has 142 valence electrons. The Labute approximate surface area is 158 Å². The van der Waals surface area contributed by atoms with Gasteiger partial charge in [-0.2, -0.15) is 13.2 Å². The zero-order valence-electron chi connectivity index (χ0n) is 14.5. The average Bonchev–Trinajstić information content (AvgIpc) is 2.65. The molecule has 1 aromatic heterocycles. The molecule has 0 aliphatic rings. The molecule has 0 atom stereocenters. The smallest absolute Gasteiger partial charge is 0.383 e. The van der Waals surface area contributed by atoms with Gasteiger partial charge < -0.3 is 4.74 Å². The number of hydrogen-bond donors (Lipinski definition) is 0. The molecule has 8 heteroatoms. The molecule has 0 unspecified atom stereocenters. The fourth-order valence-electron chi connectivity index (χ4n) is 2.70. The first-order chi connectivity index (χ1) is 12.9. The molecule has 0 fully saturated rings. The summed E-state index contributed by atoms with van der Waals surface area (Å²) in [4.78, 5) is 17.3. The summed E-state index contributed by atoms with van der Waals surface area (Å²) in [5.41, 5.74) is -0.244. The lowest BCUT2D eigenvalue weighted by atomic mass is 10.1. The van der Waals surface area contributed by atoms with Gasteiger partial charge in [-0.25, -0.2) is 4.98 Å². The van der Waals surface area contributed by atoms with Crippen molar-refractivity contribution < 1.29 is 17.9 Å². The Kier molecular flexibility index (Phi) is 5.86. The number of alkyl halides is 3. The Bertz CT molecular complexity index is 1000. The molecule has 0 N–H and O–H groups in total. The van der Waals surface area contributed by atoms with Gasteiger partial charge in [-0.3, -0.25) is 9.36 Å². The van der Waals surface area contributed by atoms with E-state index >= 15 is 0 Å². The third-order valence-electron chi connectivity index (χ3n) is 4.03. The molecule has 4 nitrogen and oxygen atoms in total. The van der Waals surface area contributed by atoms with E-state index in [0.717, 1.165) is 17.8 Å². The second kappa shape index (κ2) is 8.14. The first-order valence-electron chi connectivity index (χ1n) is 8.18. The van der Waals surface area contributed by atoms with Crippen LogP contribution < -0.4 is 5.56 Å². The number of nitrogens with zero attached hydrogens (tertiary/aromatic N) is 2. The third-order valence-corrected chi connectivity index (χ3v) is 5.05. The normalized spacial score (nSPS) is 11.9.